The van der Waals surface area contributed by atoms with Crippen LogP contribution < -0.4 is 5.32 Å². The van der Waals surface area contributed by atoms with Gasteiger partial charge in [0.05, 0.1) is 12.7 Å². The topological polar surface area (TPSA) is 41.6 Å². The second-order valence-electron chi connectivity index (χ2n) is 6.30. The summed E-state index contributed by atoms with van der Waals surface area (Å²) in [6.07, 6.45) is 5.08. The summed E-state index contributed by atoms with van der Waals surface area (Å²) < 4.78 is 5.73. The van der Waals surface area contributed by atoms with Crippen LogP contribution in [0.4, 0.5) is 0 Å². The molecule has 3 unspecified atom stereocenters. The molecule has 1 saturated heterocycles. The van der Waals surface area contributed by atoms with E-state index in [1.165, 1.54) is 12.8 Å². The minimum Gasteiger partial charge on any atom is -0.374 e. The van der Waals surface area contributed by atoms with Crippen molar-refractivity contribution < 1.29 is 9.53 Å². The average Bonchev–Trinajstić information content (AvgIpc) is 2.41. The molecule has 1 heterocycles. The summed E-state index contributed by atoms with van der Waals surface area (Å²) in [5.74, 6) is 1.48. The zero-order valence-corrected chi connectivity index (χ0v) is 13.0. The molecule has 0 spiro atoms. The van der Waals surface area contributed by atoms with Crippen LogP contribution in [0.3, 0.4) is 0 Å². The van der Waals surface area contributed by atoms with Crippen molar-refractivity contribution in [1.82, 2.24) is 10.2 Å². The molecule has 4 nitrogen and oxygen atoms in total. The van der Waals surface area contributed by atoms with Crippen LogP contribution in [0.5, 0.6) is 0 Å². The molecule has 20 heavy (non-hydrogen) atoms. The Kier molecular flexibility index (Phi) is 5.61. The van der Waals surface area contributed by atoms with Gasteiger partial charge in [-0.3, -0.25) is 9.69 Å². The minimum absolute atomic E-state index is 0.0189. The lowest BCUT2D eigenvalue weighted by Gasteiger charge is -2.38. The number of hydrogen-bond donors (Lipinski definition) is 1. The van der Waals surface area contributed by atoms with E-state index in [0.717, 1.165) is 32.2 Å². The van der Waals surface area contributed by atoms with Crippen molar-refractivity contribution in [3.8, 4) is 0 Å². The van der Waals surface area contributed by atoms with Crippen LogP contribution in [0.2, 0.25) is 0 Å². The van der Waals surface area contributed by atoms with E-state index in [4.69, 9.17) is 4.74 Å². The SMILES string of the molecule is CC(=O)NCC1CN(CC2C(C)=CCCC2C)CCO1. The number of amides is 1. The highest BCUT2D eigenvalue weighted by molar-refractivity contribution is 5.72. The Morgan fingerprint density at radius 2 is 2.35 bits per heavy atom. The molecule has 0 radical (unpaired) electrons. The van der Waals surface area contributed by atoms with E-state index in [9.17, 15) is 4.79 Å². The van der Waals surface area contributed by atoms with E-state index >= 15 is 0 Å². The Labute approximate surface area is 122 Å². The third kappa shape index (κ3) is 4.32. The van der Waals surface area contributed by atoms with E-state index in [0.29, 0.717) is 12.5 Å². The summed E-state index contributed by atoms with van der Waals surface area (Å²) in [5, 5.41) is 2.85. The molecule has 0 aromatic rings. The van der Waals surface area contributed by atoms with Crippen molar-refractivity contribution in [3.05, 3.63) is 11.6 Å². The second-order valence-corrected chi connectivity index (χ2v) is 6.30. The lowest BCUT2D eigenvalue weighted by atomic mass is 9.79. The number of ether oxygens (including phenoxy) is 1. The zero-order valence-electron chi connectivity index (χ0n) is 13.0. The summed E-state index contributed by atoms with van der Waals surface area (Å²) in [6.45, 7) is 10.7. The van der Waals surface area contributed by atoms with Crippen LogP contribution >= 0.6 is 0 Å². The molecule has 4 heteroatoms. The molecule has 1 aliphatic carbocycles. The predicted octanol–water partition coefficient (Wildman–Crippen LogP) is 1.82. The number of nitrogens with zero attached hydrogens (tertiary/aromatic N) is 1. The van der Waals surface area contributed by atoms with Gasteiger partial charge in [0.25, 0.3) is 0 Å². The molecule has 2 aliphatic rings. The summed E-state index contributed by atoms with van der Waals surface area (Å²) in [7, 11) is 0. The summed E-state index contributed by atoms with van der Waals surface area (Å²) >= 11 is 0. The van der Waals surface area contributed by atoms with Crippen LogP contribution in [0.15, 0.2) is 11.6 Å². The molecule has 1 N–H and O–H groups in total. The molecule has 0 bridgehead atoms. The Balaban J connectivity index is 1.84. The molecule has 0 saturated carbocycles. The van der Waals surface area contributed by atoms with Gasteiger partial charge < -0.3 is 10.1 Å². The highest BCUT2D eigenvalue weighted by Gasteiger charge is 2.27. The van der Waals surface area contributed by atoms with Gasteiger partial charge in [-0.1, -0.05) is 18.6 Å². The van der Waals surface area contributed by atoms with E-state index in [2.05, 4.69) is 30.1 Å². The molecule has 0 aromatic carbocycles. The number of nitrogens with one attached hydrogen (secondary N) is 1. The first-order chi connectivity index (χ1) is 9.56. The summed E-state index contributed by atoms with van der Waals surface area (Å²) in [4.78, 5) is 13.5. The lowest BCUT2D eigenvalue weighted by molar-refractivity contribution is -0.120. The van der Waals surface area contributed by atoms with Gasteiger partial charge in [0, 0.05) is 33.1 Å². The average molecular weight is 280 g/mol. The Morgan fingerprint density at radius 1 is 1.55 bits per heavy atom. The molecule has 1 aliphatic heterocycles. The predicted molar refractivity (Wildman–Crippen MR) is 80.5 cm³/mol. The summed E-state index contributed by atoms with van der Waals surface area (Å²) in [6, 6.07) is 0. The van der Waals surface area contributed by atoms with Gasteiger partial charge in [-0.25, -0.2) is 0 Å². The number of allylic oxidation sites excluding steroid dienone is 1. The Bertz CT molecular complexity index is 367. The van der Waals surface area contributed by atoms with Crippen molar-refractivity contribution in [2.45, 2.75) is 39.7 Å². The van der Waals surface area contributed by atoms with Crippen molar-refractivity contribution in [2.75, 3.05) is 32.8 Å². The van der Waals surface area contributed by atoms with Crippen molar-refractivity contribution in [3.63, 3.8) is 0 Å². The molecule has 3 atom stereocenters. The highest BCUT2D eigenvalue weighted by Crippen LogP contribution is 2.31. The van der Waals surface area contributed by atoms with Crippen LogP contribution in [-0.4, -0.2) is 49.7 Å². The molecule has 114 valence electrons. The van der Waals surface area contributed by atoms with Crippen molar-refractivity contribution in [1.29, 1.82) is 0 Å². The molecular weight excluding hydrogens is 252 g/mol. The molecule has 1 fully saturated rings. The first-order valence-electron chi connectivity index (χ1n) is 7.81. The summed E-state index contributed by atoms with van der Waals surface area (Å²) in [5.41, 5.74) is 1.55. The van der Waals surface area contributed by atoms with Crippen molar-refractivity contribution >= 4 is 5.91 Å². The maximum atomic E-state index is 11.0. The second kappa shape index (κ2) is 7.23. The van der Waals surface area contributed by atoms with Crippen LogP contribution in [0, 0.1) is 11.8 Å². The van der Waals surface area contributed by atoms with Gasteiger partial charge in [0.2, 0.25) is 5.91 Å². The van der Waals surface area contributed by atoms with Crippen molar-refractivity contribution in [2.24, 2.45) is 11.8 Å². The fourth-order valence-electron chi connectivity index (χ4n) is 3.30. The zero-order chi connectivity index (χ0) is 14.5. The van der Waals surface area contributed by atoms with Crippen LogP contribution in [0.25, 0.3) is 0 Å². The van der Waals surface area contributed by atoms with Gasteiger partial charge in [0.1, 0.15) is 0 Å². The monoisotopic (exact) mass is 280 g/mol. The fraction of sp³-hybridized carbons (Fsp3) is 0.812. The van der Waals surface area contributed by atoms with Gasteiger partial charge in [-0.05, 0) is 31.6 Å². The Morgan fingerprint density at radius 3 is 3.05 bits per heavy atom. The first-order valence-corrected chi connectivity index (χ1v) is 7.81. The Hall–Kier alpha value is -0.870. The molecular formula is C16H28N2O2. The van der Waals surface area contributed by atoms with Gasteiger partial charge >= 0.3 is 0 Å². The van der Waals surface area contributed by atoms with Gasteiger partial charge in [0.15, 0.2) is 0 Å². The lowest BCUT2D eigenvalue weighted by Crippen LogP contribution is -2.49. The first kappa shape index (κ1) is 15.5. The number of hydrogen-bond acceptors (Lipinski definition) is 3. The van der Waals surface area contributed by atoms with Crippen LogP contribution in [-0.2, 0) is 9.53 Å². The number of morpholine rings is 1. The smallest absolute Gasteiger partial charge is 0.216 e. The maximum Gasteiger partial charge on any atom is 0.216 e. The third-order valence-corrected chi connectivity index (χ3v) is 4.62. The number of rotatable bonds is 4. The van der Waals surface area contributed by atoms with E-state index in [-0.39, 0.29) is 12.0 Å². The largest absolute Gasteiger partial charge is 0.374 e. The third-order valence-electron chi connectivity index (χ3n) is 4.62. The van der Waals surface area contributed by atoms with E-state index < -0.39 is 0 Å². The normalized spacial score (nSPS) is 31.8. The highest BCUT2D eigenvalue weighted by atomic mass is 16.5. The molecule has 0 aromatic heterocycles. The fourth-order valence-corrected chi connectivity index (χ4v) is 3.30. The number of carbonyl (C=O) groups is 1. The van der Waals surface area contributed by atoms with E-state index in [1.54, 1.807) is 12.5 Å². The number of carbonyl (C=O) groups excluding carboxylic acids is 1. The standard InChI is InChI=1S/C16H28N2O2/c1-12-5-4-6-13(2)16(12)11-18-7-8-20-15(10-18)9-17-14(3)19/h5,13,15-16H,4,6-11H2,1-3H3,(H,17,19). The minimum atomic E-state index is 0.0189. The maximum absolute atomic E-state index is 11.0. The molecule has 2 rings (SSSR count). The van der Waals surface area contributed by atoms with E-state index in [1.807, 2.05) is 0 Å². The van der Waals surface area contributed by atoms with Gasteiger partial charge in [-0.2, -0.15) is 0 Å². The van der Waals surface area contributed by atoms with Crippen LogP contribution in [0.1, 0.15) is 33.6 Å². The van der Waals surface area contributed by atoms with Gasteiger partial charge in [-0.15, -0.1) is 0 Å². The quantitative estimate of drug-likeness (QED) is 0.799. The molecule has 1 amide bonds.